The molecular formula is C18H31IN4O3. The third-order valence-corrected chi connectivity index (χ3v) is 4.25. The van der Waals surface area contributed by atoms with Crippen LogP contribution in [0.1, 0.15) is 19.8 Å². The van der Waals surface area contributed by atoms with Crippen molar-refractivity contribution in [2.45, 2.75) is 25.8 Å². The van der Waals surface area contributed by atoms with Gasteiger partial charge in [0.05, 0.1) is 27.4 Å². The molecule has 1 aromatic rings. The van der Waals surface area contributed by atoms with E-state index in [0.717, 1.165) is 55.6 Å². The number of methoxy groups -OCH3 is 2. The highest BCUT2D eigenvalue weighted by atomic mass is 127. The van der Waals surface area contributed by atoms with Crippen molar-refractivity contribution < 1.29 is 14.6 Å². The van der Waals surface area contributed by atoms with Gasteiger partial charge in [-0.15, -0.1) is 24.0 Å². The van der Waals surface area contributed by atoms with Crippen LogP contribution in [0.3, 0.4) is 0 Å². The zero-order valence-electron chi connectivity index (χ0n) is 15.8. The standard InChI is InChI=1S/C18H30N4O3.HI/c1-4-19-18(20-7-10-23)21-14-5-8-22(9-6-14)15-11-16(24-2)13-17(12-15)25-3;/h11-14,23H,4-10H2,1-3H3,(H2,19,20,21);1H. The molecule has 0 saturated carbocycles. The number of piperidine rings is 1. The Balaban J connectivity index is 0.00000338. The Kier molecular flexibility index (Phi) is 10.5. The summed E-state index contributed by atoms with van der Waals surface area (Å²) in [5, 5.41) is 15.6. The Morgan fingerprint density at radius 2 is 1.81 bits per heavy atom. The number of halogens is 1. The number of rotatable bonds is 7. The molecule has 2 rings (SSSR count). The fourth-order valence-corrected chi connectivity index (χ4v) is 2.93. The van der Waals surface area contributed by atoms with Gasteiger partial charge >= 0.3 is 0 Å². The summed E-state index contributed by atoms with van der Waals surface area (Å²) in [6.07, 6.45) is 2.03. The summed E-state index contributed by atoms with van der Waals surface area (Å²) in [5.74, 6) is 2.39. The van der Waals surface area contributed by atoms with E-state index in [1.54, 1.807) is 14.2 Å². The number of hydrogen-bond acceptors (Lipinski definition) is 5. The number of aliphatic hydroxyl groups is 1. The predicted octanol–water partition coefficient (Wildman–Crippen LogP) is 1.84. The molecule has 0 aromatic heterocycles. The topological polar surface area (TPSA) is 78.4 Å². The molecule has 1 aromatic carbocycles. The average Bonchev–Trinajstić information content (AvgIpc) is 2.66. The first-order chi connectivity index (χ1) is 12.2. The highest BCUT2D eigenvalue weighted by molar-refractivity contribution is 14.0. The summed E-state index contributed by atoms with van der Waals surface area (Å²) in [7, 11) is 3.34. The summed E-state index contributed by atoms with van der Waals surface area (Å²) in [4.78, 5) is 6.69. The van der Waals surface area contributed by atoms with E-state index in [-0.39, 0.29) is 30.6 Å². The third-order valence-electron chi connectivity index (χ3n) is 4.25. The Morgan fingerprint density at radius 3 is 2.31 bits per heavy atom. The van der Waals surface area contributed by atoms with Gasteiger partial charge in [0.25, 0.3) is 0 Å². The molecule has 1 saturated heterocycles. The summed E-state index contributed by atoms with van der Waals surface area (Å²) in [6.45, 7) is 5.22. The number of benzene rings is 1. The number of aliphatic hydroxyl groups excluding tert-OH is 1. The number of aliphatic imine (C=N–C) groups is 1. The molecule has 3 N–H and O–H groups in total. The largest absolute Gasteiger partial charge is 0.497 e. The van der Waals surface area contributed by atoms with Crippen LogP contribution in [-0.4, -0.2) is 64.1 Å². The van der Waals surface area contributed by atoms with E-state index in [1.807, 2.05) is 25.1 Å². The van der Waals surface area contributed by atoms with Crippen LogP contribution in [0.15, 0.2) is 23.2 Å². The second kappa shape index (κ2) is 12.1. The van der Waals surface area contributed by atoms with Crippen LogP contribution in [0.5, 0.6) is 11.5 Å². The van der Waals surface area contributed by atoms with Crippen molar-refractivity contribution in [2.24, 2.45) is 4.99 Å². The zero-order chi connectivity index (χ0) is 18.1. The maximum atomic E-state index is 8.95. The van der Waals surface area contributed by atoms with E-state index in [1.165, 1.54) is 0 Å². The number of hydrogen-bond donors (Lipinski definition) is 3. The van der Waals surface area contributed by atoms with E-state index < -0.39 is 0 Å². The first kappa shape index (κ1) is 22.6. The second-order valence-electron chi connectivity index (χ2n) is 5.96. The van der Waals surface area contributed by atoms with Crippen molar-refractivity contribution in [1.29, 1.82) is 0 Å². The van der Waals surface area contributed by atoms with E-state index >= 15 is 0 Å². The van der Waals surface area contributed by atoms with E-state index in [0.29, 0.717) is 12.6 Å². The quantitative estimate of drug-likeness (QED) is 0.316. The van der Waals surface area contributed by atoms with Gasteiger partial charge in [0.1, 0.15) is 11.5 Å². The number of guanidine groups is 1. The van der Waals surface area contributed by atoms with Gasteiger partial charge in [0.15, 0.2) is 5.96 Å². The van der Waals surface area contributed by atoms with Gasteiger partial charge in [-0.2, -0.15) is 0 Å². The van der Waals surface area contributed by atoms with Crippen LogP contribution >= 0.6 is 24.0 Å². The van der Waals surface area contributed by atoms with E-state index in [2.05, 4.69) is 20.5 Å². The van der Waals surface area contributed by atoms with Crippen LogP contribution in [0, 0.1) is 0 Å². The van der Waals surface area contributed by atoms with Crippen molar-refractivity contribution in [3.8, 4) is 11.5 Å². The van der Waals surface area contributed by atoms with Crippen molar-refractivity contribution in [2.75, 3.05) is 51.9 Å². The minimum atomic E-state index is 0. The lowest BCUT2D eigenvalue weighted by molar-refractivity contribution is 0.306. The third kappa shape index (κ3) is 6.71. The Morgan fingerprint density at radius 1 is 1.19 bits per heavy atom. The van der Waals surface area contributed by atoms with Gasteiger partial charge in [-0.3, -0.25) is 4.99 Å². The normalized spacial score (nSPS) is 15.2. The minimum Gasteiger partial charge on any atom is -0.497 e. The summed E-state index contributed by atoms with van der Waals surface area (Å²) in [5.41, 5.74) is 1.12. The molecule has 0 spiro atoms. The lowest BCUT2D eigenvalue weighted by Gasteiger charge is -2.34. The highest BCUT2D eigenvalue weighted by Gasteiger charge is 2.21. The van der Waals surface area contributed by atoms with Gasteiger partial charge in [-0.05, 0) is 19.8 Å². The molecule has 1 heterocycles. The first-order valence-electron chi connectivity index (χ1n) is 8.83. The van der Waals surface area contributed by atoms with Gasteiger partial charge in [-0.1, -0.05) is 0 Å². The fraction of sp³-hybridized carbons (Fsp3) is 0.611. The average molecular weight is 478 g/mol. The predicted molar refractivity (Wildman–Crippen MR) is 116 cm³/mol. The summed E-state index contributed by atoms with van der Waals surface area (Å²) < 4.78 is 10.7. The Hall–Kier alpha value is -1.42. The van der Waals surface area contributed by atoms with Crippen LogP contribution in [-0.2, 0) is 0 Å². The molecule has 0 atom stereocenters. The van der Waals surface area contributed by atoms with Crippen LogP contribution in [0.4, 0.5) is 5.69 Å². The number of anilines is 1. The molecule has 148 valence electrons. The van der Waals surface area contributed by atoms with Gasteiger partial charge in [0, 0.05) is 49.6 Å². The second-order valence-corrected chi connectivity index (χ2v) is 5.96. The molecule has 26 heavy (non-hydrogen) atoms. The van der Waals surface area contributed by atoms with E-state index in [4.69, 9.17) is 14.6 Å². The lowest BCUT2D eigenvalue weighted by atomic mass is 10.0. The van der Waals surface area contributed by atoms with Crippen molar-refractivity contribution in [1.82, 2.24) is 10.6 Å². The van der Waals surface area contributed by atoms with Crippen molar-refractivity contribution in [3.63, 3.8) is 0 Å². The molecule has 8 heteroatoms. The zero-order valence-corrected chi connectivity index (χ0v) is 18.2. The molecule has 0 aliphatic carbocycles. The maximum Gasteiger partial charge on any atom is 0.191 e. The van der Waals surface area contributed by atoms with Gasteiger partial charge in [-0.25, -0.2) is 0 Å². The maximum absolute atomic E-state index is 8.95. The number of ether oxygens (including phenoxy) is 2. The molecule has 0 amide bonds. The molecule has 0 unspecified atom stereocenters. The fourth-order valence-electron chi connectivity index (χ4n) is 2.93. The van der Waals surface area contributed by atoms with E-state index in [9.17, 15) is 0 Å². The Bertz CT molecular complexity index is 541. The smallest absolute Gasteiger partial charge is 0.191 e. The highest BCUT2D eigenvalue weighted by Crippen LogP contribution is 2.30. The number of nitrogens with zero attached hydrogens (tertiary/aromatic N) is 2. The first-order valence-corrected chi connectivity index (χ1v) is 8.83. The molecule has 1 fully saturated rings. The molecule has 1 aliphatic rings. The molecule has 0 bridgehead atoms. The van der Waals surface area contributed by atoms with Gasteiger partial charge in [0.2, 0.25) is 0 Å². The van der Waals surface area contributed by atoms with Crippen LogP contribution in [0.25, 0.3) is 0 Å². The lowest BCUT2D eigenvalue weighted by Crippen LogP contribution is -2.48. The van der Waals surface area contributed by atoms with Crippen LogP contribution < -0.4 is 25.0 Å². The SMILES string of the molecule is CCNC(=NCCO)NC1CCN(c2cc(OC)cc(OC)c2)CC1.I. The van der Waals surface area contributed by atoms with Crippen molar-refractivity contribution in [3.05, 3.63) is 18.2 Å². The molecule has 0 radical (unpaired) electrons. The summed E-state index contributed by atoms with van der Waals surface area (Å²) in [6, 6.07) is 6.35. The minimum absolute atomic E-state index is 0. The monoisotopic (exact) mass is 478 g/mol. The molecular weight excluding hydrogens is 447 g/mol. The number of nitrogens with one attached hydrogen (secondary N) is 2. The Labute approximate surface area is 173 Å². The summed E-state index contributed by atoms with van der Waals surface area (Å²) >= 11 is 0. The molecule has 7 nitrogen and oxygen atoms in total. The van der Waals surface area contributed by atoms with Crippen molar-refractivity contribution >= 4 is 35.6 Å². The van der Waals surface area contributed by atoms with Gasteiger partial charge < -0.3 is 30.1 Å². The molecule has 1 aliphatic heterocycles. The van der Waals surface area contributed by atoms with Crippen LogP contribution in [0.2, 0.25) is 0 Å².